The molecule has 0 saturated heterocycles. The summed E-state index contributed by atoms with van der Waals surface area (Å²) in [6.45, 7) is 7.78. The van der Waals surface area contributed by atoms with E-state index in [1.54, 1.807) is 6.92 Å². The summed E-state index contributed by atoms with van der Waals surface area (Å²) in [5.74, 6) is 0.977. The van der Waals surface area contributed by atoms with Crippen molar-refractivity contribution >= 4 is 6.09 Å². The van der Waals surface area contributed by atoms with E-state index in [4.69, 9.17) is 14.9 Å². The molecule has 0 unspecified atom stereocenters. The lowest BCUT2D eigenvalue weighted by atomic mass is 10.1. The van der Waals surface area contributed by atoms with Crippen molar-refractivity contribution in [3.05, 3.63) is 11.8 Å². The van der Waals surface area contributed by atoms with Crippen molar-refractivity contribution < 1.29 is 13.9 Å². The SMILES string of the molecule is Cc1nnc([C@@H](N)CCCCNC(=O)OC(C)(C)C)o1. The zero-order valence-electron chi connectivity index (χ0n) is 12.6. The van der Waals surface area contributed by atoms with Crippen LogP contribution in [0.1, 0.15) is 57.9 Å². The number of aryl methyl sites for hydroxylation is 1. The van der Waals surface area contributed by atoms with Gasteiger partial charge in [-0.1, -0.05) is 0 Å². The van der Waals surface area contributed by atoms with Gasteiger partial charge >= 0.3 is 6.09 Å². The standard InChI is InChI=1S/C13H24N4O3/c1-9-16-17-11(19-9)10(14)7-5-6-8-15-12(18)20-13(2,3)4/h10H,5-8,14H2,1-4H3,(H,15,18)/t10-/m0/s1. The molecule has 1 amide bonds. The Hall–Kier alpha value is -1.63. The van der Waals surface area contributed by atoms with E-state index in [1.807, 2.05) is 20.8 Å². The molecule has 114 valence electrons. The van der Waals surface area contributed by atoms with Crippen LogP contribution in [-0.4, -0.2) is 28.4 Å². The van der Waals surface area contributed by atoms with Gasteiger partial charge in [-0.2, -0.15) is 0 Å². The summed E-state index contributed by atoms with van der Waals surface area (Å²) in [5.41, 5.74) is 5.46. The molecule has 0 spiro atoms. The topological polar surface area (TPSA) is 103 Å². The number of carbonyl (C=O) groups excluding carboxylic acids is 1. The van der Waals surface area contributed by atoms with Crippen LogP contribution in [0.25, 0.3) is 0 Å². The van der Waals surface area contributed by atoms with Gasteiger partial charge in [-0.25, -0.2) is 4.79 Å². The second-order valence-electron chi connectivity index (χ2n) is 5.69. The highest BCUT2D eigenvalue weighted by Gasteiger charge is 2.16. The minimum Gasteiger partial charge on any atom is -0.444 e. The third-order valence-electron chi connectivity index (χ3n) is 2.47. The summed E-state index contributed by atoms with van der Waals surface area (Å²) in [6.07, 6.45) is 2.02. The summed E-state index contributed by atoms with van der Waals surface area (Å²) in [5, 5.41) is 10.3. The average molecular weight is 284 g/mol. The number of nitrogens with two attached hydrogens (primary N) is 1. The molecule has 20 heavy (non-hydrogen) atoms. The lowest BCUT2D eigenvalue weighted by Crippen LogP contribution is -2.33. The number of nitrogens with zero attached hydrogens (tertiary/aromatic N) is 2. The Morgan fingerprint density at radius 2 is 2.10 bits per heavy atom. The van der Waals surface area contributed by atoms with Crippen molar-refractivity contribution in [1.29, 1.82) is 0 Å². The summed E-state index contributed by atoms with van der Waals surface area (Å²) >= 11 is 0. The Bertz CT molecular complexity index is 425. The minimum atomic E-state index is -0.470. The number of carbonyl (C=O) groups is 1. The van der Waals surface area contributed by atoms with Crippen LogP contribution in [0, 0.1) is 6.92 Å². The fraction of sp³-hybridized carbons (Fsp3) is 0.769. The Balaban J connectivity index is 2.12. The van der Waals surface area contributed by atoms with Crippen molar-refractivity contribution in [2.24, 2.45) is 5.73 Å². The molecule has 1 atom stereocenters. The average Bonchev–Trinajstić information content (AvgIpc) is 2.73. The molecule has 0 radical (unpaired) electrons. The van der Waals surface area contributed by atoms with Gasteiger partial charge in [-0.05, 0) is 40.0 Å². The van der Waals surface area contributed by atoms with E-state index in [-0.39, 0.29) is 6.04 Å². The van der Waals surface area contributed by atoms with Gasteiger partial charge in [0.1, 0.15) is 5.60 Å². The highest BCUT2D eigenvalue weighted by Crippen LogP contribution is 2.14. The predicted molar refractivity (Wildman–Crippen MR) is 74.1 cm³/mol. The first-order valence-corrected chi connectivity index (χ1v) is 6.80. The fourth-order valence-corrected chi connectivity index (χ4v) is 1.58. The van der Waals surface area contributed by atoms with Crippen LogP contribution in [0.15, 0.2) is 4.42 Å². The normalized spacial score (nSPS) is 13.1. The number of unbranched alkanes of at least 4 members (excludes halogenated alkanes) is 1. The molecule has 0 aromatic carbocycles. The van der Waals surface area contributed by atoms with Crippen molar-refractivity contribution in [2.45, 2.75) is 58.6 Å². The monoisotopic (exact) mass is 284 g/mol. The van der Waals surface area contributed by atoms with Crippen molar-refractivity contribution in [3.8, 4) is 0 Å². The number of amides is 1. The van der Waals surface area contributed by atoms with E-state index in [0.29, 0.717) is 18.3 Å². The fourth-order valence-electron chi connectivity index (χ4n) is 1.58. The molecule has 0 fully saturated rings. The quantitative estimate of drug-likeness (QED) is 0.775. The van der Waals surface area contributed by atoms with Gasteiger partial charge < -0.3 is 20.2 Å². The minimum absolute atomic E-state index is 0.252. The Morgan fingerprint density at radius 1 is 1.40 bits per heavy atom. The number of hydrogen-bond donors (Lipinski definition) is 2. The molecule has 1 rings (SSSR count). The molecule has 1 aromatic heterocycles. The van der Waals surface area contributed by atoms with E-state index >= 15 is 0 Å². The summed E-state index contributed by atoms with van der Waals surface area (Å²) in [6, 6.07) is -0.252. The molecule has 7 nitrogen and oxygen atoms in total. The Labute approximate surface area is 119 Å². The van der Waals surface area contributed by atoms with Crippen LogP contribution < -0.4 is 11.1 Å². The van der Waals surface area contributed by atoms with Crippen molar-refractivity contribution in [1.82, 2.24) is 15.5 Å². The first-order chi connectivity index (χ1) is 9.28. The third kappa shape index (κ3) is 6.51. The van der Waals surface area contributed by atoms with E-state index < -0.39 is 11.7 Å². The highest BCUT2D eigenvalue weighted by atomic mass is 16.6. The number of hydrogen-bond acceptors (Lipinski definition) is 6. The molecule has 1 heterocycles. The Kier molecular flexibility index (Phi) is 5.94. The van der Waals surface area contributed by atoms with Crippen molar-refractivity contribution in [2.75, 3.05) is 6.54 Å². The van der Waals surface area contributed by atoms with Crippen LogP contribution in [0.3, 0.4) is 0 Å². The maximum Gasteiger partial charge on any atom is 0.407 e. The van der Waals surface area contributed by atoms with E-state index in [9.17, 15) is 4.79 Å². The summed E-state index contributed by atoms with van der Waals surface area (Å²) < 4.78 is 10.4. The van der Waals surface area contributed by atoms with Gasteiger partial charge in [0.15, 0.2) is 0 Å². The zero-order valence-corrected chi connectivity index (χ0v) is 12.6. The van der Waals surface area contributed by atoms with Gasteiger partial charge in [0.05, 0.1) is 6.04 Å². The number of rotatable bonds is 6. The number of nitrogens with one attached hydrogen (secondary N) is 1. The van der Waals surface area contributed by atoms with E-state index in [2.05, 4.69) is 15.5 Å². The van der Waals surface area contributed by atoms with Crippen LogP contribution in [0.5, 0.6) is 0 Å². The molecule has 7 heteroatoms. The van der Waals surface area contributed by atoms with Gasteiger partial charge in [-0.3, -0.25) is 0 Å². The van der Waals surface area contributed by atoms with Gasteiger partial charge in [-0.15, -0.1) is 10.2 Å². The summed E-state index contributed by atoms with van der Waals surface area (Å²) in [7, 11) is 0. The predicted octanol–water partition coefficient (Wildman–Crippen LogP) is 2.07. The second-order valence-corrected chi connectivity index (χ2v) is 5.69. The molecule has 0 aliphatic rings. The maximum absolute atomic E-state index is 11.4. The second kappa shape index (κ2) is 7.23. The molecule has 0 aliphatic carbocycles. The molecule has 0 bridgehead atoms. The van der Waals surface area contributed by atoms with E-state index in [0.717, 1.165) is 19.3 Å². The molecular weight excluding hydrogens is 260 g/mol. The first-order valence-electron chi connectivity index (χ1n) is 6.80. The number of ether oxygens (including phenoxy) is 1. The van der Waals surface area contributed by atoms with Gasteiger partial charge in [0, 0.05) is 13.5 Å². The van der Waals surface area contributed by atoms with Crippen LogP contribution in [0.2, 0.25) is 0 Å². The molecule has 1 aromatic rings. The highest BCUT2D eigenvalue weighted by molar-refractivity contribution is 5.67. The first kappa shape index (κ1) is 16.4. The van der Waals surface area contributed by atoms with Crippen LogP contribution >= 0.6 is 0 Å². The smallest absolute Gasteiger partial charge is 0.407 e. The largest absolute Gasteiger partial charge is 0.444 e. The molecule has 3 N–H and O–H groups in total. The van der Waals surface area contributed by atoms with Crippen molar-refractivity contribution in [3.63, 3.8) is 0 Å². The van der Waals surface area contributed by atoms with Crippen LogP contribution in [-0.2, 0) is 4.74 Å². The van der Waals surface area contributed by atoms with Gasteiger partial charge in [0.2, 0.25) is 11.8 Å². The summed E-state index contributed by atoms with van der Waals surface area (Å²) in [4.78, 5) is 11.4. The molecule has 0 saturated carbocycles. The molecule has 0 aliphatic heterocycles. The number of alkyl carbamates (subject to hydrolysis) is 1. The lowest BCUT2D eigenvalue weighted by molar-refractivity contribution is 0.0527. The van der Waals surface area contributed by atoms with Gasteiger partial charge in [0.25, 0.3) is 0 Å². The Morgan fingerprint density at radius 3 is 2.65 bits per heavy atom. The molecular formula is C13H24N4O3. The maximum atomic E-state index is 11.4. The third-order valence-corrected chi connectivity index (χ3v) is 2.47. The number of aromatic nitrogens is 2. The lowest BCUT2D eigenvalue weighted by Gasteiger charge is -2.19. The van der Waals surface area contributed by atoms with E-state index in [1.165, 1.54) is 0 Å². The zero-order chi connectivity index (χ0) is 15.2. The van der Waals surface area contributed by atoms with Crippen LogP contribution in [0.4, 0.5) is 4.79 Å².